The Labute approximate surface area is 116 Å². The van der Waals surface area contributed by atoms with Crippen LogP contribution in [-0.2, 0) is 4.79 Å². The number of carbonyl (C=O) groups is 1. The van der Waals surface area contributed by atoms with Crippen molar-refractivity contribution in [2.24, 2.45) is 0 Å². The van der Waals surface area contributed by atoms with Crippen LogP contribution < -0.4 is 5.32 Å². The van der Waals surface area contributed by atoms with E-state index in [0.29, 0.717) is 12.1 Å². The molecule has 0 bridgehead atoms. The lowest BCUT2D eigenvalue weighted by Gasteiger charge is -2.30. The van der Waals surface area contributed by atoms with Gasteiger partial charge in [-0.25, -0.2) is 0 Å². The van der Waals surface area contributed by atoms with Gasteiger partial charge in [0.2, 0.25) is 5.91 Å². The summed E-state index contributed by atoms with van der Waals surface area (Å²) in [6.45, 7) is 3.31. The number of rotatable bonds is 6. The molecule has 0 aromatic rings. The minimum absolute atomic E-state index is 0.0215. The Balaban J connectivity index is 1.82. The molecule has 2 aliphatic rings. The number of amides is 1. The lowest BCUT2D eigenvalue weighted by atomic mass is 10.1. The molecule has 110 valence electrons. The van der Waals surface area contributed by atoms with Crippen LogP contribution in [-0.4, -0.2) is 47.2 Å². The van der Waals surface area contributed by atoms with Crippen LogP contribution in [0.2, 0.25) is 0 Å². The van der Waals surface area contributed by atoms with Crippen molar-refractivity contribution in [1.82, 2.24) is 10.2 Å². The average Bonchev–Trinajstić information content (AvgIpc) is 3.06. The Hall–Kier alpha value is -0.610. The molecule has 4 nitrogen and oxygen atoms in total. The molecule has 1 amide bonds. The minimum Gasteiger partial charge on any atom is -0.396 e. The van der Waals surface area contributed by atoms with Gasteiger partial charge in [0.15, 0.2) is 0 Å². The molecule has 0 radical (unpaired) electrons. The van der Waals surface area contributed by atoms with Crippen LogP contribution in [0.15, 0.2) is 0 Å². The first-order valence-corrected chi connectivity index (χ1v) is 7.89. The second-order valence-corrected chi connectivity index (χ2v) is 6.07. The van der Waals surface area contributed by atoms with Crippen molar-refractivity contribution >= 4 is 5.91 Å². The van der Waals surface area contributed by atoms with E-state index in [1.807, 2.05) is 6.92 Å². The fourth-order valence-electron chi connectivity index (χ4n) is 3.55. The lowest BCUT2D eigenvalue weighted by Crippen LogP contribution is -2.49. The maximum absolute atomic E-state index is 12.3. The van der Waals surface area contributed by atoms with Gasteiger partial charge in [-0.3, -0.25) is 9.69 Å². The van der Waals surface area contributed by atoms with Crippen LogP contribution in [0.25, 0.3) is 0 Å². The van der Waals surface area contributed by atoms with Crippen LogP contribution in [0.5, 0.6) is 0 Å². The van der Waals surface area contributed by atoms with E-state index in [2.05, 4.69) is 10.2 Å². The standard InChI is InChI=1S/C15H28N2O2/c1-12(15(19)16-13-6-2-3-7-13)17-10-4-8-14(17)9-5-11-18/h12-14,18H,2-11H2,1H3,(H,16,19). The third kappa shape index (κ3) is 3.93. The predicted molar refractivity (Wildman–Crippen MR) is 75.9 cm³/mol. The quantitative estimate of drug-likeness (QED) is 0.770. The smallest absolute Gasteiger partial charge is 0.237 e. The van der Waals surface area contributed by atoms with Crippen molar-refractivity contribution in [1.29, 1.82) is 0 Å². The van der Waals surface area contributed by atoms with Gasteiger partial charge in [-0.15, -0.1) is 0 Å². The van der Waals surface area contributed by atoms with E-state index >= 15 is 0 Å². The number of hydrogen-bond donors (Lipinski definition) is 2. The van der Waals surface area contributed by atoms with Gasteiger partial charge < -0.3 is 10.4 Å². The topological polar surface area (TPSA) is 52.6 Å². The molecule has 2 atom stereocenters. The Morgan fingerprint density at radius 3 is 2.74 bits per heavy atom. The molecule has 1 heterocycles. The molecule has 1 saturated carbocycles. The zero-order chi connectivity index (χ0) is 13.7. The van der Waals surface area contributed by atoms with Crippen molar-refractivity contribution in [2.45, 2.75) is 76.4 Å². The summed E-state index contributed by atoms with van der Waals surface area (Å²) in [6.07, 6.45) is 9.00. The highest BCUT2D eigenvalue weighted by atomic mass is 16.3. The molecule has 2 N–H and O–H groups in total. The monoisotopic (exact) mass is 268 g/mol. The highest BCUT2D eigenvalue weighted by molar-refractivity contribution is 5.81. The summed E-state index contributed by atoms with van der Waals surface area (Å²) >= 11 is 0. The van der Waals surface area contributed by atoms with Crippen molar-refractivity contribution in [3.63, 3.8) is 0 Å². The van der Waals surface area contributed by atoms with Gasteiger partial charge in [-0.05, 0) is 52.0 Å². The van der Waals surface area contributed by atoms with Gasteiger partial charge in [-0.1, -0.05) is 12.8 Å². The molecular formula is C15H28N2O2. The van der Waals surface area contributed by atoms with Gasteiger partial charge >= 0.3 is 0 Å². The Bertz CT molecular complexity index is 290. The number of nitrogens with zero attached hydrogens (tertiary/aromatic N) is 1. The fraction of sp³-hybridized carbons (Fsp3) is 0.933. The first-order valence-electron chi connectivity index (χ1n) is 7.89. The highest BCUT2D eigenvalue weighted by Gasteiger charge is 2.32. The zero-order valence-corrected chi connectivity index (χ0v) is 12.1. The largest absolute Gasteiger partial charge is 0.396 e. The third-order valence-electron chi connectivity index (χ3n) is 4.70. The molecule has 2 fully saturated rings. The summed E-state index contributed by atoms with van der Waals surface area (Å²) in [5, 5.41) is 12.2. The molecule has 1 aliphatic heterocycles. The minimum atomic E-state index is -0.0215. The average molecular weight is 268 g/mol. The van der Waals surface area contributed by atoms with E-state index in [1.54, 1.807) is 0 Å². The molecule has 1 saturated heterocycles. The van der Waals surface area contributed by atoms with Crippen LogP contribution in [0.4, 0.5) is 0 Å². The van der Waals surface area contributed by atoms with Crippen molar-refractivity contribution in [3.05, 3.63) is 0 Å². The van der Waals surface area contributed by atoms with Crippen LogP contribution in [0.1, 0.15) is 58.3 Å². The Kier molecular flexibility index (Phi) is 5.64. The summed E-state index contributed by atoms with van der Waals surface area (Å²) in [4.78, 5) is 14.6. The maximum atomic E-state index is 12.3. The highest BCUT2D eigenvalue weighted by Crippen LogP contribution is 2.24. The molecule has 0 aromatic heterocycles. The first kappa shape index (κ1) is 14.8. The zero-order valence-electron chi connectivity index (χ0n) is 12.1. The van der Waals surface area contributed by atoms with Crippen molar-refractivity contribution < 1.29 is 9.90 Å². The normalized spacial score (nSPS) is 26.7. The van der Waals surface area contributed by atoms with Crippen LogP contribution in [0.3, 0.4) is 0 Å². The van der Waals surface area contributed by atoms with E-state index in [-0.39, 0.29) is 18.6 Å². The number of aliphatic hydroxyl groups excluding tert-OH is 1. The van der Waals surface area contributed by atoms with Gasteiger partial charge in [0.05, 0.1) is 6.04 Å². The van der Waals surface area contributed by atoms with Gasteiger partial charge in [0.1, 0.15) is 0 Å². The maximum Gasteiger partial charge on any atom is 0.237 e. The SMILES string of the molecule is CC(C(=O)NC1CCCC1)N1CCCC1CCCO. The van der Waals surface area contributed by atoms with E-state index in [4.69, 9.17) is 5.11 Å². The summed E-state index contributed by atoms with van der Waals surface area (Å²) in [7, 11) is 0. The number of hydrogen-bond acceptors (Lipinski definition) is 3. The molecule has 19 heavy (non-hydrogen) atoms. The summed E-state index contributed by atoms with van der Waals surface area (Å²) < 4.78 is 0. The van der Waals surface area contributed by atoms with Crippen LogP contribution in [0, 0.1) is 0 Å². The van der Waals surface area contributed by atoms with Gasteiger partial charge in [0.25, 0.3) is 0 Å². The summed E-state index contributed by atoms with van der Waals surface area (Å²) in [6, 6.07) is 0.872. The molecular weight excluding hydrogens is 240 g/mol. The fourth-order valence-corrected chi connectivity index (χ4v) is 3.55. The first-order chi connectivity index (χ1) is 9.22. The van der Waals surface area contributed by atoms with E-state index < -0.39 is 0 Å². The lowest BCUT2D eigenvalue weighted by molar-refractivity contribution is -0.127. The van der Waals surface area contributed by atoms with Gasteiger partial charge in [-0.2, -0.15) is 0 Å². The predicted octanol–water partition coefficient (Wildman–Crippen LogP) is 1.67. The van der Waals surface area contributed by atoms with E-state index in [1.165, 1.54) is 25.7 Å². The Morgan fingerprint density at radius 2 is 2.05 bits per heavy atom. The molecule has 2 unspecified atom stereocenters. The Morgan fingerprint density at radius 1 is 1.32 bits per heavy atom. The van der Waals surface area contributed by atoms with E-state index in [9.17, 15) is 4.79 Å². The van der Waals surface area contributed by atoms with Crippen LogP contribution >= 0.6 is 0 Å². The van der Waals surface area contributed by atoms with Crippen molar-refractivity contribution in [3.8, 4) is 0 Å². The molecule has 2 rings (SSSR count). The van der Waals surface area contributed by atoms with Crippen molar-refractivity contribution in [2.75, 3.05) is 13.2 Å². The second-order valence-electron chi connectivity index (χ2n) is 6.07. The third-order valence-corrected chi connectivity index (χ3v) is 4.70. The number of nitrogens with one attached hydrogen (secondary N) is 1. The molecule has 0 spiro atoms. The number of likely N-dealkylation sites (tertiary alicyclic amines) is 1. The second kappa shape index (κ2) is 7.25. The number of carbonyl (C=O) groups excluding carboxylic acids is 1. The number of aliphatic hydroxyl groups is 1. The molecule has 4 heteroatoms. The van der Waals surface area contributed by atoms with Gasteiger partial charge in [0, 0.05) is 18.7 Å². The molecule has 1 aliphatic carbocycles. The molecule has 0 aromatic carbocycles. The summed E-state index contributed by atoms with van der Waals surface area (Å²) in [5.74, 6) is 0.197. The summed E-state index contributed by atoms with van der Waals surface area (Å²) in [5.41, 5.74) is 0. The van der Waals surface area contributed by atoms with E-state index in [0.717, 1.165) is 32.2 Å².